The van der Waals surface area contributed by atoms with Gasteiger partial charge in [-0.05, 0) is 30.5 Å². The number of thiazole rings is 1. The number of benzene rings is 1. The highest BCUT2D eigenvalue weighted by molar-refractivity contribution is 7.18. The summed E-state index contributed by atoms with van der Waals surface area (Å²) >= 11 is 3.69. The smallest absolute Gasteiger partial charge is 0.186 e. The molecule has 0 radical (unpaired) electrons. The summed E-state index contributed by atoms with van der Waals surface area (Å²) in [6.07, 6.45) is 0. The highest BCUT2D eigenvalue weighted by atomic mass is 32.1. The summed E-state index contributed by atoms with van der Waals surface area (Å²) in [7, 11) is 0. The molecule has 0 saturated heterocycles. The molecule has 0 aliphatic rings. The lowest BCUT2D eigenvalue weighted by Gasteiger charge is -1.98. The van der Waals surface area contributed by atoms with Crippen LogP contribution in [0, 0.1) is 6.92 Å². The van der Waals surface area contributed by atoms with Crippen LogP contribution in [0.2, 0.25) is 0 Å². The van der Waals surface area contributed by atoms with Crippen molar-refractivity contribution in [3.05, 3.63) is 40.7 Å². The Kier molecular flexibility index (Phi) is 2.73. The van der Waals surface area contributed by atoms with E-state index in [0.717, 1.165) is 6.54 Å². The Morgan fingerprint density at radius 1 is 1.18 bits per heavy atom. The maximum absolute atomic E-state index is 2.41. The van der Waals surface area contributed by atoms with Crippen LogP contribution in [0.15, 0.2) is 35.7 Å². The summed E-state index contributed by atoms with van der Waals surface area (Å²) in [5.74, 6) is 0. The number of nitrogens with zero attached hydrogens (tertiary/aromatic N) is 1. The van der Waals surface area contributed by atoms with Gasteiger partial charge in [-0.25, -0.2) is 0 Å². The second-order valence-corrected chi connectivity index (χ2v) is 6.18. The van der Waals surface area contributed by atoms with E-state index in [2.05, 4.69) is 54.1 Å². The first-order valence-corrected chi connectivity index (χ1v) is 7.46. The summed E-state index contributed by atoms with van der Waals surface area (Å²) in [5, 5.41) is 3.52. The number of fused-ring (bicyclic) bond motifs is 1. The molecular formula is C14H14NS2+. The van der Waals surface area contributed by atoms with E-state index in [1.165, 1.54) is 25.7 Å². The zero-order valence-electron chi connectivity index (χ0n) is 9.93. The molecule has 0 aliphatic carbocycles. The largest absolute Gasteiger partial charge is 0.235 e. The van der Waals surface area contributed by atoms with Gasteiger partial charge in [0, 0.05) is 11.8 Å². The van der Waals surface area contributed by atoms with Gasteiger partial charge in [0.25, 0.3) is 0 Å². The van der Waals surface area contributed by atoms with Crippen molar-refractivity contribution in [3.8, 4) is 10.4 Å². The van der Waals surface area contributed by atoms with Crippen LogP contribution in [-0.2, 0) is 6.54 Å². The summed E-state index contributed by atoms with van der Waals surface area (Å²) in [5.41, 5.74) is 2.75. The number of hydrogen-bond donors (Lipinski definition) is 0. The predicted octanol–water partition coefficient (Wildman–Crippen LogP) is 4.25. The monoisotopic (exact) mass is 260 g/mol. The first kappa shape index (κ1) is 10.9. The average molecular weight is 260 g/mol. The van der Waals surface area contributed by atoms with Crippen LogP contribution in [0.25, 0.3) is 20.7 Å². The van der Waals surface area contributed by atoms with Gasteiger partial charge in [0.1, 0.15) is 11.2 Å². The molecule has 3 heteroatoms. The van der Waals surface area contributed by atoms with Gasteiger partial charge in [0.15, 0.2) is 0 Å². The maximum Gasteiger partial charge on any atom is 0.235 e. The molecular weight excluding hydrogens is 246 g/mol. The van der Waals surface area contributed by atoms with Crippen LogP contribution < -0.4 is 4.57 Å². The lowest BCUT2D eigenvalue weighted by atomic mass is 10.1. The molecule has 0 amide bonds. The van der Waals surface area contributed by atoms with E-state index in [4.69, 9.17) is 0 Å². The van der Waals surface area contributed by atoms with Crippen LogP contribution in [-0.4, -0.2) is 0 Å². The molecule has 17 heavy (non-hydrogen) atoms. The Labute approximate surface area is 109 Å². The van der Waals surface area contributed by atoms with Crippen LogP contribution in [0.4, 0.5) is 0 Å². The minimum absolute atomic E-state index is 1.04. The quantitative estimate of drug-likeness (QED) is 0.607. The molecule has 0 fully saturated rings. The van der Waals surface area contributed by atoms with Gasteiger partial charge >= 0.3 is 0 Å². The molecule has 86 valence electrons. The first-order chi connectivity index (χ1) is 8.31. The van der Waals surface area contributed by atoms with Crippen LogP contribution >= 0.6 is 22.7 Å². The molecule has 0 saturated carbocycles. The lowest BCUT2D eigenvalue weighted by molar-refractivity contribution is -0.669. The molecule has 0 N–H and O–H groups in total. The fraction of sp³-hybridized carbons (Fsp3) is 0.214. The number of thiophene rings is 1. The minimum Gasteiger partial charge on any atom is -0.186 e. The maximum atomic E-state index is 2.41. The van der Waals surface area contributed by atoms with Crippen LogP contribution in [0.1, 0.15) is 11.9 Å². The van der Waals surface area contributed by atoms with E-state index >= 15 is 0 Å². The molecule has 0 aliphatic heterocycles. The SMILES string of the molecule is CC[n+]1c(C)sc2cccc(-c3cccs3)c21. The highest BCUT2D eigenvalue weighted by Gasteiger charge is 2.20. The molecule has 2 aromatic heterocycles. The predicted molar refractivity (Wildman–Crippen MR) is 75.7 cm³/mol. The van der Waals surface area contributed by atoms with E-state index in [1.807, 2.05) is 22.7 Å². The van der Waals surface area contributed by atoms with E-state index in [-0.39, 0.29) is 0 Å². The second kappa shape index (κ2) is 4.24. The summed E-state index contributed by atoms with van der Waals surface area (Å²) in [6, 6.07) is 10.9. The Morgan fingerprint density at radius 3 is 2.76 bits per heavy atom. The third-order valence-corrected chi connectivity index (χ3v) is 4.98. The number of para-hydroxylation sites is 1. The normalized spacial score (nSPS) is 11.2. The Hall–Kier alpha value is -1.19. The number of aromatic nitrogens is 1. The van der Waals surface area contributed by atoms with Crippen molar-refractivity contribution in [2.24, 2.45) is 0 Å². The van der Waals surface area contributed by atoms with Crippen molar-refractivity contribution in [3.63, 3.8) is 0 Å². The topological polar surface area (TPSA) is 3.88 Å². The van der Waals surface area contributed by atoms with E-state index < -0.39 is 0 Å². The Morgan fingerprint density at radius 2 is 2.06 bits per heavy atom. The fourth-order valence-corrected chi connectivity index (χ4v) is 4.13. The molecule has 3 rings (SSSR count). The highest BCUT2D eigenvalue weighted by Crippen LogP contribution is 2.32. The van der Waals surface area contributed by atoms with Gasteiger partial charge in [0.05, 0.1) is 5.56 Å². The lowest BCUT2D eigenvalue weighted by Crippen LogP contribution is -2.33. The van der Waals surface area contributed by atoms with E-state index in [9.17, 15) is 0 Å². The van der Waals surface area contributed by atoms with Gasteiger partial charge in [-0.3, -0.25) is 0 Å². The van der Waals surface area contributed by atoms with Crippen molar-refractivity contribution in [2.75, 3.05) is 0 Å². The molecule has 3 aromatic rings. The van der Waals surface area contributed by atoms with Crippen molar-refractivity contribution in [2.45, 2.75) is 20.4 Å². The Balaban J connectivity index is 2.39. The zero-order chi connectivity index (χ0) is 11.8. The molecule has 0 spiro atoms. The van der Waals surface area contributed by atoms with Crippen molar-refractivity contribution < 1.29 is 4.57 Å². The fourth-order valence-electron chi connectivity index (χ4n) is 2.27. The molecule has 0 bridgehead atoms. The summed E-state index contributed by atoms with van der Waals surface area (Å²) in [6.45, 7) is 5.45. The average Bonchev–Trinajstić information content (AvgIpc) is 2.93. The van der Waals surface area contributed by atoms with Crippen LogP contribution in [0.3, 0.4) is 0 Å². The molecule has 1 nitrogen and oxygen atoms in total. The zero-order valence-corrected chi connectivity index (χ0v) is 11.6. The van der Waals surface area contributed by atoms with Gasteiger partial charge in [-0.2, -0.15) is 4.57 Å². The number of aryl methyl sites for hydroxylation is 2. The third kappa shape index (κ3) is 1.70. The summed E-state index contributed by atoms with van der Waals surface area (Å²) in [4.78, 5) is 1.36. The number of rotatable bonds is 2. The standard InChI is InChI=1S/C14H14NS2/c1-3-15-10(2)17-13-7-4-6-11(14(13)15)12-8-5-9-16-12/h4-9H,3H2,1-2H3/q+1. The molecule has 2 heterocycles. The van der Waals surface area contributed by atoms with E-state index in [0.29, 0.717) is 0 Å². The summed E-state index contributed by atoms with van der Waals surface area (Å²) < 4.78 is 3.80. The van der Waals surface area contributed by atoms with Gasteiger partial charge < -0.3 is 0 Å². The third-order valence-electron chi connectivity index (χ3n) is 3.01. The minimum atomic E-state index is 1.04. The number of hydrogen-bond acceptors (Lipinski definition) is 2. The molecule has 0 atom stereocenters. The van der Waals surface area contributed by atoms with Gasteiger partial charge in [-0.15, -0.1) is 11.3 Å². The van der Waals surface area contributed by atoms with Crippen molar-refractivity contribution >= 4 is 32.9 Å². The second-order valence-electron chi connectivity index (χ2n) is 3.99. The molecule has 1 aromatic carbocycles. The van der Waals surface area contributed by atoms with Gasteiger partial charge in [0.2, 0.25) is 10.5 Å². The Bertz CT molecular complexity index is 650. The first-order valence-electron chi connectivity index (χ1n) is 5.77. The van der Waals surface area contributed by atoms with E-state index in [1.54, 1.807) is 0 Å². The van der Waals surface area contributed by atoms with Crippen molar-refractivity contribution in [1.82, 2.24) is 0 Å². The van der Waals surface area contributed by atoms with Gasteiger partial charge in [-0.1, -0.05) is 23.5 Å². The van der Waals surface area contributed by atoms with Crippen LogP contribution in [0.5, 0.6) is 0 Å². The molecule has 0 unspecified atom stereocenters. The van der Waals surface area contributed by atoms with Crippen molar-refractivity contribution in [1.29, 1.82) is 0 Å².